The minimum absolute atomic E-state index is 0.00481. The van der Waals surface area contributed by atoms with E-state index in [1.54, 1.807) is 6.07 Å². The van der Waals surface area contributed by atoms with Gasteiger partial charge < -0.3 is 20.4 Å². The van der Waals surface area contributed by atoms with E-state index in [0.717, 1.165) is 34.9 Å². The quantitative estimate of drug-likeness (QED) is 0.283. The number of rotatable bonds is 7. The van der Waals surface area contributed by atoms with Crippen molar-refractivity contribution in [3.05, 3.63) is 96.3 Å². The summed E-state index contributed by atoms with van der Waals surface area (Å²) in [6.45, 7) is 8.62. The minimum Gasteiger partial charge on any atom is -0.451 e. The Morgan fingerprint density at radius 3 is 2.15 bits per heavy atom. The molecule has 202 valence electrons. The van der Waals surface area contributed by atoms with Crippen LogP contribution in [0.1, 0.15) is 56.7 Å². The van der Waals surface area contributed by atoms with Gasteiger partial charge in [0, 0.05) is 28.9 Å². The van der Waals surface area contributed by atoms with Crippen LogP contribution < -0.4 is 16.0 Å². The lowest BCUT2D eigenvalue weighted by Crippen LogP contribution is -2.63. The smallest absolute Gasteiger partial charge is 0.287 e. The van der Waals surface area contributed by atoms with Gasteiger partial charge in [-0.05, 0) is 69.4 Å². The predicted molar refractivity (Wildman–Crippen MR) is 156 cm³/mol. The van der Waals surface area contributed by atoms with Gasteiger partial charge >= 0.3 is 0 Å². The van der Waals surface area contributed by atoms with Crippen molar-refractivity contribution < 1.29 is 14.0 Å². The topological polar surface area (TPSA) is 83.4 Å². The summed E-state index contributed by atoms with van der Waals surface area (Å²) in [5, 5.41) is 10.7. The van der Waals surface area contributed by atoms with Gasteiger partial charge in [0.25, 0.3) is 5.91 Å². The number of nitrogens with one attached hydrogen (secondary N) is 3. The maximum Gasteiger partial charge on any atom is 0.287 e. The van der Waals surface area contributed by atoms with Crippen molar-refractivity contribution in [1.82, 2.24) is 16.0 Å². The lowest BCUT2D eigenvalue weighted by atomic mass is 9.79. The summed E-state index contributed by atoms with van der Waals surface area (Å²) >= 11 is 0. The molecule has 3 N–H and O–H groups in total. The molecule has 4 aromatic rings. The van der Waals surface area contributed by atoms with E-state index in [2.05, 4.69) is 67.9 Å². The molecule has 3 aromatic carbocycles. The largest absolute Gasteiger partial charge is 0.451 e. The zero-order valence-corrected chi connectivity index (χ0v) is 23.1. The molecule has 6 heteroatoms. The summed E-state index contributed by atoms with van der Waals surface area (Å²) in [5.74, 6) is -0.402. The van der Waals surface area contributed by atoms with E-state index in [1.165, 1.54) is 0 Å². The number of hydrogen-bond donors (Lipinski definition) is 3. The molecule has 1 fully saturated rings. The highest BCUT2D eigenvalue weighted by atomic mass is 16.3. The second-order valence-corrected chi connectivity index (χ2v) is 11.9. The molecule has 0 saturated carbocycles. The second-order valence-electron chi connectivity index (χ2n) is 11.9. The van der Waals surface area contributed by atoms with Crippen LogP contribution in [0.5, 0.6) is 0 Å². The second kappa shape index (κ2) is 10.7. The average Bonchev–Trinajstić information content (AvgIpc) is 3.32. The SMILES string of the molecule is CC1(C)CC(NC(=O)C(Cc2ccc(-c3ccccc3)cc2)NC(=O)c2cc3ccccc3o2)CC(C)(C)N1. The molecule has 2 heterocycles. The van der Waals surface area contributed by atoms with Gasteiger partial charge in [-0.2, -0.15) is 0 Å². The molecular formula is C33H37N3O3. The summed E-state index contributed by atoms with van der Waals surface area (Å²) in [5.41, 5.74) is 3.61. The van der Waals surface area contributed by atoms with E-state index in [-0.39, 0.29) is 28.8 Å². The standard InChI is InChI=1S/C33H37N3O3/c1-32(2)20-26(21-33(3,4)36-32)34-30(37)27(35-31(38)29-19-25-12-8-9-13-28(25)39-29)18-22-14-16-24(17-15-22)23-10-6-5-7-11-23/h5-17,19,26-27,36H,18,20-21H2,1-4H3,(H,34,37)(H,35,38). The highest BCUT2D eigenvalue weighted by Gasteiger charge is 2.39. The average molecular weight is 524 g/mol. The maximum atomic E-state index is 13.7. The van der Waals surface area contributed by atoms with Crippen LogP contribution in [-0.4, -0.2) is 35.0 Å². The molecule has 1 atom stereocenters. The molecule has 5 rings (SSSR count). The van der Waals surface area contributed by atoms with Gasteiger partial charge in [0.05, 0.1) is 0 Å². The zero-order valence-electron chi connectivity index (χ0n) is 23.1. The van der Waals surface area contributed by atoms with Gasteiger partial charge in [0.1, 0.15) is 11.6 Å². The Labute approximate surface area is 230 Å². The third-order valence-corrected chi connectivity index (χ3v) is 7.31. The van der Waals surface area contributed by atoms with E-state index in [4.69, 9.17) is 4.42 Å². The number of amides is 2. The first-order valence-electron chi connectivity index (χ1n) is 13.6. The number of hydrogen-bond acceptors (Lipinski definition) is 4. The molecule has 1 aliphatic rings. The van der Waals surface area contributed by atoms with Crippen molar-refractivity contribution in [2.75, 3.05) is 0 Å². The van der Waals surface area contributed by atoms with Crippen LogP contribution in [-0.2, 0) is 11.2 Å². The maximum absolute atomic E-state index is 13.7. The summed E-state index contributed by atoms with van der Waals surface area (Å²) < 4.78 is 5.78. The summed E-state index contributed by atoms with van der Waals surface area (Å²) in [6.07, 6.45) is 1.97. The Balaban J connectivity index is 1.36. The highest BCUT2D eigenvalue weighted by Crippen LogP contribution is 2.29. The number of carbonyl (C=O) groups excluding carboxylic acids is 2. The Bertz CT molecular complexity index is 1410. The minimum atomic E-state index is -0.755. The van der Waals surface area contributed by atoms with Crippen molar-refractivity contribution in [3.8, 4) is 11.1 Å². The molecular weight excluding hydrogens is 486 g/mol. The lowest BCUT2D eigenvalue weighted by Gasteiger charge is -2.46. The highest BCUT2D eigenvalue weighted by molar-refractivity contribution is 5.98. The fraction of sp³-hybridized carbons (Fsp3) is 0.333. The van der Waals surface area contributed by atoms with E-state index in [1.807, 2.05) is 54.6 Å². The summed E-state index contributed by atoms with van der Waals surface area (Å²) in [6, 6.07) is 26.8. The fourth-order valence-electron chi connectivity index (χ4n) is 5.96. The van der Waals surface area contributed by atoms with Gasteiger partial charge in [0.2, 0.25) is 5.91 Å². The summed E-state index contributed by atoms with van der Waals surface area (Å²) in [4.78, 5) is 27.0. The third kappa shape index (κ3) is 6.58. The first kappa shape index (κ1) is 26.7. The molecule has 39 heavy (non-hydrogen) atoms. The van der Waals surface area contributed by atoms with E-state index in [0.29, 0.717) is 12.0 Å². The molecule has 0 bridgehead atoms. The van der Waals surface area contributed by atoms with Crippen LogP contribution in [0.25, 0.3) is 22.1 Å². The van der Waals surface area contributed by atoms with Crippen LogP contribution in [0.15, 0.2) is 89.3 Å². The van der Waals surface area contributed by atoms with Crippen LogP contribution in [0, 0.1) is 0 Å². The number of fused-ring (bicyclic) bond motifs is 1. The van der Waals surface area contributed by atoms with Crippen LogP contribution in [0.2, 0.25) is 0 Å². The van der Waals surface area contributed by atoms with Crippen molar-refractivity contribution in [2.45, 2.75) is 70.1 Å². The Kier molecular flexibility index (Phi) is 7.32. The number of benzene rings is 3. The monoisotopic (exact) mass is 523 g/mol. The third-order valence-electron chi connectivity index (χ3n) is 7.31. The van der Waals surface area contributed by atoms with Crippen molar-refractivity contribution in [1.29, 1.82) is 0 Å². The predicted octanol–water partition coefficient (Wildman–Crippen LogP) is 5.87. The molecule has 6 nitrogen and oxygen atoms in total. The van der Waals surface area contributed by atoms with Gasteiger partial charge in [0.15, 0.2) is 5.76 Å². The fourth-order valence-corrected chi connectivity index (χ4v) is 5.96. The number of furan rings is 1. The molecule has 0 aliphatic carbocycles. The zero-order chi connectivity index (χ0) is 27.6. The van der Waals surface area contributed by atoms with E-state index in [9.17, 15) is 9.59 Å². The van der Waals surface area contributed by atoms with E-state index < -0.39 is 11.9 Å². The molecule has 1 saturated heterocycles. The normalized spacial score (nSPS) is 17.4. The molecule has 0 radical (unpaired) electrons. The summed E-state index contributed by atoms with van der Waals surface area (Å²) in [7, 11) is 0. The Morgan fingerprint density at radius 1 is 0.872 bits per heavy atom. The van der Waals surface area contributed by atoms with Gasteiger partial charge in [-0.15, -0.1) is 0 Å². The number of para-hydroxylation sites is 1. The molecule has 1 aliphatic heterocycles. The Hall–Kier alpha value is -3.90. The lowest BCUT2D eigenvalue weighted by molar-refractivity contribution is -0.124. The van der Waals surface area contributed by atoms with Crippen LogP contribution in [0.3, 0.4) is 0 Å². The molecule has 1 aromatic heterocycles. The van der Waals surface area contributed by atoms with Gasteiger partial charge in [-0.1, -0.05) is 72.8 Å². The molecule has 0 spiro atoms. The van der Waals surface area contributed by atoms with Crippen LogP contribution >= 0.6 is 0 Å². The molecule has 1 unspecified atom stereocenters. The van der Waals surface area contributed by atoms with Gasteiger partial charge in [-0.25, -0.2) is 0 Å². The van der Waals surface area contributed by atoms with Crippen molar-refractivity contribution in [2.24, 2.45) is 0 Å². The number of piperidine rings is 1. The molecule has 2 amide bonds. The Morgan fingerprint density at radius 2 is 1.49 bits per heavy atom. The number of carbonyl (C=O) groups is 2. The van der Waals surface area contributed by atoms with Crippen molar-refractivity contribution in [3.63, 3.8) is 0 Å². The van der Waals surface area contributed by atoms with Crippen LogP contribution in [0.4, 0.5) is 0 Å². The first-order chi connectivity index (χ1) is 18.6. The van der Waals surface area contributed by atoms with Crippen molar-refractivity contribution >= 4 is 22.8 Å². The van der Waals surface area contributed by atoms with Gasteiger partial charge in [-0.3, -0.25) is 9.59 Å². The first-order valence-corrected chi connectivity index (χ1v) is 13.6. The van der Waals surface area contributed by atoms with E-state index >= 15 is 0 Å².